The molecule has 5 aromatic rings. The summed E-state index contributed by atoms with van der Waals surface area (Å²) in [5.74, 6) is 1.15. The molecule has 0 bridgehead atoms. The average molecular weight is 566 g/mol. The molecule has 1 aromatic heterocycles. The van der Waals surface area contributed by atoms with Gasteiger partial charge in [0.1, 0.15) is 17.0 Å². The van der Waals surface area contributed by atoms with Crippen molar-refractivity contribution in [3.05, 3.63) is 91.0 Å². The minimum atomic E-state index is -3.86. The first-order chi connectivity index (χ1) is 18.7. The molecule has 0 saturated carbocycles. The number of rotatable bonds is 9. The lowest BCUT2D eigenvalue weighted by Crippen LogP contribution is -2.12. The fourth-order valence-corrected chi connectivity index (χ4v) is 5.94. The number of sulfonamides is 2. The lowest BCUT2D eigenvalue weighted by molar-refractivity contribution is 0.413. The zero-order valence-electron chi connectivity index (χ0n) is 20.8. The summed E-state index contributed by atoms with van der Waals surface area (Å²) in [6.07, 6.45) is 0. The minimum Gasteiger partial charge on any atom is -0.497 e. The smallest absolute Gasteiger partial charge is 0.262 e. The van der Waals surface area contributed by atoms with Crippen molar-refractivity contribution in [2.75, 3.05) is 23.7 Å². The molecule has 39 heavy (non-hydrogen) atoms. The number of hydrogen-bond donors (Lipinski definition) is 2. The van der Waals surface area contributed by atoms with Gasteiger partial charge in [-0.2, -0.15) is 0 Å². The van der Waals surface area contributed by atoms with Gasteiger partial charge in [-0.3, -0.25) is 9.44 Å². The van der Waals surface area contributed by atoms with Crippen molar-refractivity contribution >= 4 is 42.5 Å². The zero-order valence-corrected chi connectivity index (χ0v) is 22.4. The highest BCUT2D eigenvalue weighted by Gasteiger charge is 2.18. The van der Waals surface area contributed by atoms with Gasteiger partial charge in [-0.15, -0.1) is 0 Å². The van der Waals surface area contributed by atoms with Crippen molar-refractivity contribution in [2.45, 2.75) is 9.79 Å². The van der Waals surface area contributed by atoms with E-state index in [9.17, 15) is 16.8 Å². The standard InChI is InChI=1S/C27H23N3O7S2/c1-35-21-5-3-7-23(16-21)38(31,32)29-19-11-9-18(10-12-19)27-28-25-15-20(13-14-26(25)37-27)30-39(33,34)24-8-4-6-22(17-24)36-2/h3-17,29-30H,1-2H3. The number of methoxy groups -OCH3 is 2. The highest BCUT2D eigenvalue weighted by molar-refractivity contribution is 7.93. The third-order valence-corrected chi connectivity index (χ3v) is 8.48. The molecule has 0 atom stereocenters. The topological polar surface area (TPSA) is 137 Å². The van der Waals surface area contributed by atoms with Crippen LogP contribution in [-0.2, 0) is 20.0 Å². The zero-order chi connectivity index (χ0) is 27.6. The van der Waals surface area contributed by atoms with Crippen molar-refractivity contribution in [3.63, 3.8) is 0 Å². The molecule has 0 saturated heterocycles. The van der Waals surface area contributed by atoms with E-state index in [-0.39, 0.29) is 9.79 Å². The molecular formula is C27H23N3O7S2. The third kappa shape index (κ3) is 5.66. The van der Waals surface area contributed by atoms with Crippen LogP contribution in [0.4, 0.5) is 11.4 Å². The second-order valence-electron chi connectivity index (χ2n) is 8.35. The van der Waals surface area contributed by atoms with E-state index in [0.29, 0.717) is 45.4 Å². The van der Waals surface area contributed by atoms with Gasteiger partial charge in [0.05, 0.1) is 29.7 Å². The quantitative estimate of drug-likeness (QED) is 0.251. The molecule has 4 aromatic carbocycles. The molecule has 10 nitrogen and oxygen atoms in total. The van der Waals surface area contributed by atoms with Crippen LogP contribution in [-0.4, -0.2) is 36.0 Å². The van der Waals surface area contributed by atoms with Crippen LogP contribution in [0, 0.1) is 0 Å². The summed E-state index contributed by atoms with van der Waals surface area (Å²) in [6.45, 7) is 0. The number of aromatic nitrogens is 1. The van der Waals surface area contributed by atoms with E-state index in [2.05, 4.69) is 14.4 Å². The maximum atomic E-state index is 12.8. The van der Waals surface area contributed by atoms with Crippen molar-refractivity contribution < 1.29 is 30.7 Å². The molecule has 0 fully saturated rings. The summed E-state index contributed by atoms with van der Waals surface area (Å²) in [5.41, 5.74) is 2.17. The maximum Gasteiger partial charge on any atom is 0.262 e. The van der Waals surface area contributed by atoms with Crippen LogP contribution < -0.4 is 18.9 Å². The van der Waals surface area contributed by atoms with Crippen LogP contribution in [0.25, 0.3) is 22.6 Å². The fraction of sp³-hybridized carbons (Fsp3) is 0.0741. The molecule has 0 aliphatic heterocycles. The van der Waals surface area contributed by atoms with Crippen LogP contribution in [0.2, 0.25) is 0 Å². The number of nitrogens with one attached hydrogen (secondary N) is 2. The number of oxazole rings is 1. The highest BCUT2D eigenvalue weighted by Crippen LogP contribution is 2.29. The molecule has 0 aliphatic carbocycles. The van der Waals surface area contributed by atoms with E-state index in [1.807, 2.05) is 0 Å². The SMILES string of the molecule is COc1cccc(S(=O)(=O)Nc2ccc(-c3nc4cc(NS(=O)(=O)c5cccc(OC)c5)ccc4o3)cc2)c1. The Labute approximate surface area is 225 Å². The van der Waals surface area contributed by atoms with Crippen molar-refractivity contribution in [1.29, 1.82) is 0 Å². The number of anilines is 2. The van der Waals surface area contributed by atoms with Gasteiger partial charge in [-0.25, -0.2) is 21.8 Å². The van der Waals surface area contributed by atoms with Crippen molar-refractivity contribution in [1.82, 2.24) is 4.98 Å². The summed E-state index contributed by atoms with van der Waals surface area (Å²) in [5, 5.41) is 0. The Morgan fingerprint density at radius 3 is 1.77 bits per heavy atom. The molecule has 12 heteroatoms. The third-order valence-electron chi connectivity index (χ3n) is 5.73. The Morgan fingerprint density at radius 1 is 0.667 bits per heavy atom. The lowest BCUT2D eigenvalue weighted by Gasteiger charge is -2.09. The van der Waals surface area contributed by atoms with Gasteiger partial charge in [-0.05, 0) is 66.7 Å². The summed E-state index contributed by atoms with van der Waals surface area (Å²) in [7, 11) is -4.75. The van der Waals surface area contributed by atoms with Gasteiger partial charge in [0, 0.05) is 23.4 Å². The van der Waals surface area contributed by atoms with E-state index < -0.39 is 20.0 Å². The normalized spacial score (nSPS) is 11.7. The van der Waals surface area contributed by atoms with E-state index in [1.54, 1.807) is 66.7 Å². The van der Waals surface area contributed by atoms with E-state index in [1.165, 1.54) is 38.5 Å². The molecule has 0 aliphatic rings. The van der Waals surface area contributed by atoms with E-state index in [0.717, 1.165) is 0 Å². The second kappa shape index (κ2) is 10.3. The highest BCUT2D eigenvalue weighted by atomic mass is 32.2. The van der Waals surface area contributed by atoms with Crippen molar-refractivity contribution in [2.24, 2.45) is 0 Å². The molecule has 1 heterocycles. The molecule has 2 N–H and O–H groups in total. The first-order valence-corrected chi connectivity index (χ1v) is 14.5. The summed E-state index contributed by atoms with van der Waals surface area (Å²) in [6, 6.07) is 23.6. The lowest BCUT2D eigenvalue weighted by atomic mass is 10.2. The molecule has 0 spiro atoms. The maximum absolute atomic E-state index is 12.8. The first kappa shape index (κ1) is 26.1. The molecule has 5 rings (SSSR count). The van der Waals surface area contributed by atoms with E-state index in [4.69, 9.17) is 13.9 Å². The van der Waals surface area contributed by atoms with Gasteiger partial charge in [-0.1, -0.05) is 12.1 Å². The van der Waals surface area contributed by atoms with Gasteiger partial charge >= 0.3 is 0 Å². The summed E-state index contributed by atoms with van der Waals surface area (Å²) < 4.78 is 72.2. The van der Waals surface area contributed by atoms with Crippen LogP contribution >= 0.6 is 0 Å². The molecule has 0 amide bonds. The minimum absolute atomic E-state index is 0.0601. The number of ether oxygens (including phenoxy) is 2. The summed E-state index contributed by atoms with van der Waals surface area (Å²) in [4.78, 5) is 4.60. The Balaban J connectivity index is 1.34. The van der Waals surface area contributed by atoms with Crippen LogP contribution in [0.3, 0.4) is 0 Å². The Morgan fingerprint density at radius 2 is 1.21 bits per heavy atom. The monoisotopic (exact) mass is 565 g/mol. The van der Waals surface area contributed by atoms with Crippen LogP contribution in [0.15, 0.2) is 105 Å². The largest absolute Gasteiger partial charge is 0.497 e. The second-order valence-corrected chi connectivity index (χ2v) is 11.7. The van der Waals surface area contributed by atoms with Gasteiger partial charge in [0.2, 0.25) is 5.89 Å². The van der Waals surface area contributed by atoms with Crippen molar-refractivity contribution in [3.8, 4) is 23.0 Å². The predicted octanol–water partition coefficient (Wildman–Crippen LogP) is 5.11. The van der Waals surface area contributed by atoms with Gasteiger partial charge < -0.3 is 13.9 Å². The summed E-state index contributed by atoms with van der Waals surface area (Å²) >= 11 is 0. The van der Waals surface area contributed by atoms with Crippen LogP contribution in [0.1, 0.15) is 0 Å². The van der Waals surface area contributed by atoms with Crippen LogP contribution in [0.5, 0.6) is 11.5 Å². The predicted molar refractivity (Wildman–Crippen MR) is 147 cm³/mol. The molecule has 0 radical (unpaired) electrons. The van der Waals surface area contributed by atoms with E-state index >= 15 is 0 Å². The van der Waals surface area contributed by atoms with Gasteiger partial charge in [0.25, 0.3) is 20.0 Å². The Bertz CT molecular complexity index is 1870. The number of nitrogens with zero attached hydrogens (tertiary/aromatic N) is 1. The number of fused-ring (bicyclic) bond motifs is 1. The Kier molecular flexibility index (Phi) is 6.89. The van der Waals surface area contributed by atoms with Gasteiger partial charge in [0.15, 0.2) is 5.58 Å². The molecule has 0 unspecified atom stereocenters. The first-order valence-electron chi connectivity index (χ1n) is 11.5. The number of benzene rings is 4. The number of hydrogen-bond acceptors (Lipinski definition) is 8. The molecule has 200 valence electrons. The fourth-order valence-electron chi connectivity index (χ4n) is 3.76. The Hall–Kier alpha value is -4.55. The average Bonchev–Trinajstić information content (AvgIpc) is 3.36. The molecular weight excluding hydrogens is 542 g/mol.